The third kappa shape index (κ3) is 6.23. The van der Waals surface area contributed by atoms with E-state index in [1.54, 1.807) is 0 Å². The van der Waals surface area contributed by atoms with Crippen LogP contribution in [0.2, 0.25) is 0 Å². The van der Waals surface area contributed by atoms with Crippen LogP contribution in [0, 0.1) is 23.5 Å². The number of aromatic nitrogens is 3. The zero-order valence-electron chi connectivity index (χ0n) is 36.8. The summed E-state index contributed by atoms with van der Waals surface area (Å²) in [6.45, 7) is 22.7. The van der Waals surface area contributed by atoms with Crippen LogP contribution in [0.15, 0.2) is 114 Å². The predicted molar refractivity (Wildman–Crippen MR) is 247 cm³/mol. The number of ether oxygens (including phenoxy) is 1. The van der Waals surface area contributed by atoms with Crippen molar-refractivity contribution in [3.63, 3.8) is 0 Å². The van der Waals surface area contributed by atoms with Gasteiger partial charge in [-0.3, -0.25) is 0 Å². The number of para-hydroxylation sites is 1. The molecule has 62 heavy (non-hydrogen) atoms. The van der Waals surface area contributed by atoms with Gasteiger partial charge in [0.15, 0.2) is 0 Å². The normalized spacial score (nSPS) is 14.4. The maximum absolute atomic E-state index is 9.91. The quantitative estimate of drug-likeness (QED) is 0.164. The second kappa shape index (κ2) is 14.3. The third-order valence-electron chi connectivity index (χ3n) is 13.4. The minimum Gasteiger partial charge on any atom is -0.499 e. The van der Waals surface area contributed by atoms with Crippen LogP contribution in [0.1, 0.15) is 97.1 Å². The molecule has 0 spiro atoms. The van der Waals surface area contributed by atoms with Gasteiger partial charge in [0.2, 0.25) is 0 Å². The molecule has 9 aromatic rings. The number of fused-ring (bicyclic) bond motifs is 10. The molecule has 4 aromatic heterocycles. The first-order valence-corrected chi connectivity index (χ1v) is 21.0. The summed E-state index contributed by atoms with van der Waals surface area (Å²) in [5, 5.41) is 13.9. The zero-order chi connectivity index (χ0) is 42.8. The smallest absolute Gasteiger partial charge is 0.499 e. The van der Waals surface area contributed by atoms with Crippen molar-refractivity contribution in [2.45, 2.75) is 90.9 Å². The average Bonchev–Trinajstić information content (AvgIpc) is 3.78. The molecule has 0 aliphatic heterocycles. The molecule has 0 fully saturated rings. The fourth-order valence-electron chi connectivity index (χ4n) is 9.39. The van der Waals surface area contributed by atoms with Gasteiger partial charge in [-0.1, -0.05) is 135 Å². The van der Waals surface area contributed by atoms with E-state index in [4.69, 9.17) is 19.1 Å². The molecule has 1 aliphatic rings. The Labute approximate surface area is 377 Å². The first-order valence-electron chi connectivity index (χ1n) is 21.0. The fourth-order valence-corrected chi connectivity index (χ4v) is 9.39. The Hall–Kier alpha value is -6.02. The number of furan rings is 1. The fraction of sp³-hybridized carbons (Fsp3) is 0.255. The number of nitriles is 1. The van der Waals surface area contributed by atoms with E-state index in [1.165, 1.54) is 16.7 Å². The molecule has 0 atom stereocenters. The van der Waals surface area contributed by atoms with Gasteiger partial charge in [0, 0.05) is 29.0 Å². The van der Waals surface area contributed by atoms with Crippen LogP contribution in [0.4, 0.5) is 0 Å². The van der Waals surface area contributed by atoms with E-state index in [0.717, 1.165) is 66.3 Å². The van der Waals surface area contributed by atoms with Gasteiger partial charge in [0.25, 0.3) is 0 Å². The summed E-state index contributed by atoms with van der Waals surface area (Å²) in [5.41, 5.74) is 11.5. The molecule has 0 saturated heterocycles. The summed E-state index contributed by atoms with van der Waals surface area (Å²) in [6.07, 6.45) is 3.80. The number of rotatable bonds is 4. The molecule has 10 rings (SSSR count). The number of nitrogens with zero attached hydrogens (tertiary/aromatic N) is 4. The monoisotopic (exact) mass is 991 g/mol. The van der Waals surface area contributed by atoms with Crippen molar-refractivity contribution in [2.75, 3.05) is 0 Å². The molecule has 7 heteroatoms. The Balaban J connectivity index is 0.00000490. The molecular formula is C55H48N4O2Pt. The molecule has 310 valence electrons. The van der Waals surface area contributed by atoms with E-state index in [0.29, 0.717) is 28.2 Å². The molecule has 4 heterocycles. The van der Waals surface area contributed by atoms with E-state index in [2.05, 4.69) is 165 Å². The zero-order valence-corrected chi connectivity index (χ0v) is 39.1. The molecule has 0 N–H and O–H groups in total. The van der Waals surface area contributed by atoms with E-state index < -0.39 is 5.41 Å². The molecule has 5 aromatic carbocycles. The Kier molecular flexibility index (Phi) is 9.51. The maximum Gasteiger partial charge on any atom is 2.00 e. The van der Waals surface area contributed by atoms with E-state index in [1.807, 2.05) is 36.7 Å². The molecule has 0 amide bonds. The maximum atomic E-state index is 9.91. The van der Waals surface area contributed by atoms with E-state index in [-0.39, 0.29) is 37.3 Å². The van der Waals surface area contributed by atoms with Gasteiger partial charge in [-0.05, 0) is 96.8 Å². The van der Waals surface area contributed by atoms with Crippen LogP contribution in [-0.2, 0) is 42.7 Å². The first kappa shape index (κ1) is 41.3. The van der Waals surface area contributed by atoms with Crippen molar-refractivity contribution in [3.05, 3.63) is 149 Å². The van der Waals surface area contributed by atoms with E-state index in [9.17, 15) is 5.26 Å². The summed E-state index contributed by atoms with van der Waals surface area (Å²) < 4.78 is 15.9. The topological polar surface area (TPSA) is 76.9 Å². The first-order chi connectivity index (χ1) is 29.0. The molecule has 0 radical (unpaired) electrons. The van der Waals surface area contributed by atoms with Crippen molar-refractivity contribution >= 4 is 43.7 Å². The number of hydrogen-bond acceptors (Lipinski definition) is 5. The van der Waals surface area contributed by atoms with Gasteiger partial charge in [0.1, 0.15) is 11.4 Å². The molecule has 0 unspecified atom stereocenters. The standard InChI is InChI=1S/C55H48N4O2.Pt/c1-52(2,3)34-18-16-33(17-19-34)37-24-26-58-50-41-30-45(51-47(40-21-15-32(31-56)27-44(40)61-51)48(41)54(7,8)55(9,10)49(37)50)60-36-20-22-39-38-13-11-12-14-42(38)59(43(39)29-36)46-28-35(23-25-57-46)53(4,5)6;/h11-28H,1-10H3;/q-2;+2. The van der Waals surface area contributed by atoms with Crippen molar-refractivity contribution in [1.29, 1.82) is 5.26 Å². The predicted octanol–water partition coefficient (Wildman–Crippen LogP) is 14.2. The van der Waals surface area contributed by atoms with Gasteiger partial charge in [0.05, 0.1) is 23.0 Å². The van der Waals surface area contributed by atoms with Gasteiger partial charge in [-0.15, -0.1) is 28.6 Å². The summed E-state index contributed by atoms with van der Waals surface area (Å²) in [7, 11) is 0. The summed E-state index contributed by atoms with van der Waals surface area (Å²) in [5.74, 6) is 1.75. The third-order valence-corrected chi connectivity index (χ3v) is 13.4. The number of benzene rings is 5. The molecule has 6 nitrogen and oxygen atoms in total. The SMILES string of the molecule is CC(C)(C)c1ccc(-c2ccnc3c2C(C)(C)C(C)(C)c2c-3[c-]c(Oc3[c-]c4c(cc3)c3ccccc3n4-c3cc(C(C)(C)C)ccn3)c3oc4cc(C#N)ccc4c23)cc1.[Pt+2]. The minimum absolute atomic E-state index is 0. The van der Waals surface area contributed by atoms with Crippen molar-refractivity contribution in [3.8, 4) is 45.8 Å². The van der Waals surface area contributed by atoms with Crippen LogP contribution in [0.5, 0.6) is 11.5 Å². The Morgan fingerprint density at radius 2 is 1.40 bits per heavy atom. The molecule has 0 saturated carbocycles. The number of pyridine rings is 2. The van der Waals surface area contributed by atoms with Gasteiger partial charge < -0.3 is 18.7 Å². The summed E-state index contributed by atoms with van der Waals surface area (Å²) in [4.78, 5) is 10.0. The summed E-state index contributed by atoms with van der Waals surface area (Å²) >= 11 is 0. The average molecular weight is 992 g/mol. The van der Waals surface area contributed by atoms with Crippen molar-refractivity contribution < 1.29 is 30.2 Å². The van der Waals surface area contributed by atoms with Gasteiger partial charge >= 0.3 is 21.1 Å². The summed E-state index contributed by atoms with van der Waals surface area (Å²) in [6, 6.07) is 43.2. The second-order valence-electron chi connectivity index (χ2n) is 19.7. The van der Waals surface area contributed by atoms with E-state index >= 15 is 0 Å². The number of hydrogen-bond donors (Lipinski definition) is 0. The Bertz CT molecular complexity index is 3310. The van der Waals surface area contributed by atoms with Crippen molar-refractivity contribution in [1.82, 2.24) is 14.5 Å². The van der Waals surface area contributed by atoms with Crippen LogP contribution in [0.25, 0.3) is 71.9 Å². The van der Waals surface area contributed by atoms with Crippen LogP contribution in [0.3, 0.4) is 0 Å². The van der Waals surface area contributed by atoms with Gasteiger partial charge in [-0.2, -0.15) is 11.3 Å². The van der Waals surface area contributed by atoms with Crippen LogP contribution in [-0.4, -0.2) is 14.5 Å². The minimum atomic E-state index is -0.434. The van der Waals surface area contributed by atoms with Crippen LogP contribution < -0.4 is 4.74 Å². The largest absolute Gasteiger partial charge is 2.00 e. The second-order valence-corrected chi connectivity index (χ2v) is 19.7. The molecule has 1 aliphatic carbocycles. The molecule has 0 bridgehead atoms. The van der Waals surface area contributed by atoms with Crippen LogP contribution >= 0.6 is 0 Å². The van der Waals surface area contributed by atoms with Crippen molar-refractivity contribution in [2.24, 2.45) is 0 Å². The molecular weight excluding hydrogens is 944 g/mol. The van der Waals surface area contributed by atoms with Gasteiger partial charge in [-0.25, -0.2) is 4.98 Å². The Morgan fingerprint density at radius 1 is 0.710 bits per heavy atom. The Morgan fingerprint density at radius 3 is 2.13 bits per heavy atom.